The van der Waals surface area contributed by atoms with Gasteiger partial charge in [-0.15, -0.1) is 0 Å². The van der Waals surface area contributed by atoms with Gasteiger partial charge >= 0.3 is 6.03 Å². The number of amides is 3. The molecule has 1 N–H and O–H groups in total. The lowest BCUT2D eigenvalue weighted by molar-refractivity contribution is -0.132. The molecule has 0 aromatic heterocycles. The molecule has 3 amide bonds. The molecule has 2 fully saturated rings. The van der Waals surface area contributed by atoms with Crippen LogP contribution in [0.1, 0.15) is 18.1 Å². The number of hydrogen-bond donors (Lipinski definition) is 1. The molecule has 0 saturated carbocycles. The third-order valence-corrected chi connectivity index (χ3v) is 7.00. The van der Waals surface area contributed by atoms with E-state index in [1.807, 2.05) is 18.2 Å². The summed E-state index contributed by atoms with van der Waals surface area (Å²) in [6, 6.07) is 21.9. The highest BCUT2D eigenvalue weighted by Gasteiger charge is 2.49. The molecule has 176 valence electrons. The van der Waals surface area contributed by atoms with Gasteiger partial charge in [0.15, 0.2) is 0 Å². The van der Waals surface area contributed by atoms with Crippen LogP contribution in [0.4, 0.5) is 4.79 Å². The highest BCUT2D eigenvalue weighted by atomic mass is 16.5. The zero-order valence-corrected chi connectivity index (χ0v) is 19.7. The van der Waals surface area contributed by atoms with E-state index in [9.17, 15) is 9.59 Å². The van der Waals surface area contributed by atoms with Gasteiger partial charge in [-0.3, -0.25) is 14.6 Å². The molecule has 0 unspecified atom stereocenters. The number of imide groups is 1. The van der Waals surface area contributed by atoms with Gasteiger partial charge in [-0.25, -0.2) is 9.69 Å². The molecule has 2 aliphatic rings. The topological polar surface area (TPSA) is 65.1 Å². The predicted molar refractivity (Wildman–Crippen MR) is 131 cm³/mol. The number of ether oxygens (including phenoxy) is 1. The van der Waals surface area contributed by atoms with Crippen molar-refractivity contribution in [3.05, 3.63) is 77.9 Å². The van der Waals surface area contributed by atoms with Crippen molar-refractivity contribution in [3.8, 4) is 5.75 Å². The van der Waals surface area contributed by atoms with Gasteiger partial charge in [0.05, 0.1) is 13.8 Å². The number of nitrogens with one attached hydrogen (secondary N) is 1. The number of fused-ring (bicyclic) bond motifs is 1. The molecule has 0 spiro atoms. The predicted octanol–water partition coefficient (Wildman–Crippen LogP) is 3.39. The Morgan fingerprint density at radius 3 is 2.41 bits per heavy atom. The van der Waals surface area contributed by atoms with Crippen LogP contribution in [0, 0.1) is 0 Å². The average molecular weight is 459 g/mol. The molecular weight excluding hydrogens is 428 g/mol. The first-order valence-electron chi connectivity index (χ1n) is 11.7. The third kappa shape index (κ3) is 4.13. The van der Waals surface area contributed by atoms with Crippen molar-refractivity contribution in [1.29, 1.82) is 0 Å². The van der Waals surface area contributed by atoms with Gasteiger partial charge in [-0.1, -0.05) is 54.6 Å². The lowest BCUT2D eigenvalue weighted by atomic mass is 9.92. The number of rotatable bonds is 6. The van der Waals surface area contributed by atoms with Crippen LogP contribution in [0.5, 0.6) is 5.75 Å². The molecular formula is C27H30N4O3. The molecule has 7 heteroatoms. The molecule has 0 radical (unpaired) electrons. The van der Waals surface area contributed by atoms with Gasteiger partial charge in [-0.2, -0.15) is 0 Å². The summed E-state index contributed by atoms with van der Waals surface area (Å²) in [5, 5.41) is 5.45. The van der Waals surface area contributed by atoms with Crippen LogP contribution in [-0.2, 0) is 16.9 Å². The van der Waals surface area contributed by atoms with Crippen LogP contribution in [0.3, 0.4) is 0 Å². The Morgan fingerprint density at radius 1 is 0.912 bits per heavy atom. The quantitative estimate of drug-likeness (QED) is 0.574. The second-order valence-electron chi connectivity index (χ2n) is 9.19. The van der Waals surface area contributed by atoms with Crippen molar-refractivity contribution in [2.75, 3.05) is 40.0 Å². The van der Waals surface area contributed by atoms with Crippen LogP contribution < -0.4 is 10.1 Å². The number of benzene rings is 3. The van der Waals surface area contributed by atoms with E-state index in [1.165, 1.54) is 21.2 Å². The third-order valence-electron chi connectivity index (χ3n) is 7.00. The largest absolute Gasteiger partial charge is 0.497 e. The first-order chi connectivity index (χ1) is 16.5. The standard InChI is InChI=1S/C27H30N4O3/c1-27(22-10-6-11-23(17-22)34-2)25(32)31(26(33)28-27)19-30-15-13-29(14-16-30)18-21-9-5-8-20-7-3-4-12-24(20)21/h3-12,17H,13-16,18-19H2,1-2H3,(H,28,33)/t27-/m1/s1. The molecule has 5 rings (SSSR count). The normalized spacial score (nSPS) is 21.8. The van der Waals surface area contributed by atoms with E-state index < -0.39 is 5.54 Å². The number of carbonyl (C=O) groups is 2. The summed E-state index contributed by atoms with van der Waals surface area (Å²) in [4.78, 5) is 32.0. The minimum Gasteiger partial charge on any atom is -0.497 e. The first-order valence-corrected chi connectivity index (χ1v) is 11.7. The highest BCUT2D eigenvalue weighted by molar-refractivity contribution is 6.07. The number of nitrogens with zero attached hydrogens (tertiary/aromatic N) is 3. The molecule has 0 bridgehead atoms. The van der Waals surface area contributed by atoms with Gasteiger partial charge in [0.2, 0.25) is 0 Å². The highest BCUT2D eigenvalue weighted by Crippen LogP contribution is 2.31. The summed E-state index contributed by atoms with van der Waals surface area (Å²) in [5.41, 5.74) is 0.948. The average Bonchev–Trinajstić information content (AvgIpc) is 3.09. The second-order valence-corrected chi connectivity index (χ2v) is 9.19. The minimum atomic E-state index is -1.10. The van der Waals surface area contributed by atoms with Crippen molar-refractivity contribution in [2.24, 2.45) is 0 Å². The zero-order chi connectivity index (χ0) is 23.7. The molecule has 2 aliphatic heterocycles. The second kappa shape index (κ2) is 9.08. The first kappa shape index (κ1) is 22.4. The number of piperazine rings is 1. The van der Waals surface area contributed by atoms with Crippen LogP contribution in [0.15, 0.2) is 66.7 Å². The fourth-order valence-corrected chi connectivity index (χ4v) is 4.92. The Balaban J connectivity index is 1.21. The maximum Gasteiger partial charge on any atom is 0.326 e. The van der Waals surface area contributed by atoms with Crippen molar-refractivity contribution in [1.82, 2.24) is 20.0 Å². The van der Waals surface area contributed by atoms with E-state index in [4.69, 9.17) is 4.74 Å². The molecule has 0 aliphatic carbocycles. The van der Waals surface area contributed by atoms with Crippen molar-refractivity contribution >= 4 is 22.7 Å². The van der Waals surface area contributed by atoms with Gasteiger partial charge in [0, 0.05) is 32.7 Å². The molecule has 7 nitrogen and oxygen atoms in total. The minimum absolute atomic E-state index is 0.232. The van der Waals surface area contributed by atoms with Crippen LogP contribution in [-0.4, -0.2) is 66.6 Å². The Bertz CT molecular complexity index is 1220. The van der Waals surface area contributed by atoms with Gasteiger partial charge in [-0.05, 0) is 41.0 Å². The summed E-state index contributed by atoms with van der Waals surface area (Å²) in [5.74, 6) is 0.422. The molecule has 34 heavy (non-hydrogen) atoms. The summed E-state index contributed by atoms with van der Waals surface area (Å²) in [6.45, 7) is 6.33. The molecule has 3 aromatic rings. The Hall–Kier alpha value is -3.42. The monoisotopic (exact) mass is 458 g/mol. The van der Waals surface area contributed by atoms with E-state index in [0.717, 1.165) is 32.7 Å². The zero-order valence-electron chi connectivity index (χ0n) is 19.7. The maximum atomic E-state index is 13.3. The fraction of sp³-hybridized carbons (Fsp3) is 0.333. The molecule has 2 heterocycles. The van der Waals surface area contributed by atoms with Crippen LogP contribution in [0.25, 0.3) is 10.8 Å². The summed E-state index contributed by atoms with van der Waals surface area (Å²) < 4.78 is 5.30. The number of hydrogen-bond acceptors (Lipinski definition) is 5. The van der Waals surface area contributed by atoms with E-state index >= 15 is 0 Å². The molecule has 1 atom stereocenters. The number of methoxy groups -OCH3 is 1. The maximum absolute atomic E-state index is 13.3. The Kier molecular flexibility index (Phi) is 5.98. The van der Waals surface area contributed by atoms with Gasteiger partial charge in [0.1, 0.15) is 11.3 Å². The van der Waals surface area contributed by atoms with E-state index in [-0.39, 0.29) is 11.9 Å². The smallest absolute Gasteiger partial charge is 0.326 e. The SMILES string of the molecule is COc1cccc([C@@]2(C)NC(=O)N(CN3CCN(Cc4cccc5ccccc45)CC3)C2=O)c1. The van der Waals surface area contributed by atoms with Crippen LogP contribution >= 0.6 is 0 Å². The summed E-state index contributed by atoms with van der Waals surface area (Å²) >= 11 is 0. The lowest BCUT2D eigenvalue weighted by Crippen LogP contribution is -2.51. The summed E-state index contributed by atoms with van der Waals surface area (Å²) in [7, 11) is 1.59. The van der Waals surface area contributed by atoms with Crippen LogP contribution in [0.2, 0.25) is 0 Å². The lowest BCUT2D eigenvalue weighted by Gasteiger charge is -2.36. The van der Waals surface area contributed by atoms with Gasteiger partial charge in [0.25, 0.3) is 5.91 Å². The van der Waals surface area contributed by atoms with Crippen molar-refractivity contribution < 1.29 is 14.3 Å². The Labute approximate surface area is 199 Å². The molecule has 2 saturated heterocycles. The Morgan fingerprint density at radius 2 is 1.62 bits per heavy atom. The van der Waals surface area contributed by atoms with Gasteiger partial charge < -0.3 is 10.1 Å². The van der Waals surface area contributed by atoms with Crippen molar-refractivity contribution in [2.45, 2.75) is 19.0 Å². The number of carbonyl (C=O) groups excluding carboxylic acids is 2. The summed E-state index contributed by atoms with van der Waals surface area (Å²) in [6.07, 6.45) is 0. The van der Waals surface area contributed by atoms with E-state index in [0.29, 0.717) is 18.0 Å². The molecule has 3 aromatic carbocycles. The van der Waals surface area contributed by atoms with E-state index in [1.54, 1.807) is 20.1 Å². The van der Waals surface area contributed by atoms with E-state index in [2.05, 4.69) is 57.6 Å². The fourth-order valence-electron chi connectivity index (χ4n) is 4.92. The number of urea groups is 1. The van der Waals surface area contributed by atoms with Crippen molar-refractivity contribution in [3.63, 3.8) is 0 Å².